The summed E-state index contributed by atoms with van der Waals surface area (Å²) in [5.41, 5.74) is 1.67. The molecule has 1 aliphatic rings. The Hall–Kier alpha value is -2.55. The van der Waals surface area contributed by atoms with Gasteiger partial charge in [0.05, 0.1) is 6.04 Å². The zero-order chi connectivity index (χ0) is 19.7. The molecule has 1 aliphatic carbocycles. The molecule has 1 fully saturated rings. The van der Waals surface area contributed by atoms with Gasteiger partial charge in [0.1, 0.15) is 11.6 Å². The second-order valence-corrected chi connectivity index (χ2v) is 7.81. The minimum Gasteiger partial charge on any atom is -0.347 e. The van der Waals surface area contributed by atoms with E-state index in [-0.39, 0.29) is 11.9 Å². The Morgan fingerprint density at radius 3 is 2.71 bits per heavy atom. The van der Waals surface area contributed by atoms with Gasteiger partial charge in [0.15, 0.2) is 5.82 Å². The quantitative estimate of drug-likeness (QED) is 0.481. The predicted octanol–water partition coefficient (Wildman–Crippen LogP) is 4.85. The number of hydrogen-bond acceptors (Lipinski definition) is 6. The summed E-state index contributed by atoms with van der Waals surface area (Å²) >= 11 is 3.28. The monoisotopic (exact) mass is 445 g/mol. The first-order chi connectivity index (χ1) is 13.5. The fourth-order valence-electron chi connectivity index (χ4n) is 2.94. The zero-order valence-electron chi connectivity index (χ0n) is 15.6. The van der Waals surface area contributed by atoms with Gasteiger partial charge in [-0.1, -0.05) is 28.9 Å². The lowest BCUT2D eigenvalue weighted by Crippen LogP contribution is -2.14. The molecule has 146 valence electrons. The molecule has 0 radical (unpaired) electrons. The highest BCUT2D eigenvalue weighted by molar-refractivity contribution is 9.10. The second kappa shape index (κ2) is 7.83. The summed E-state index contributed by atoms with van der Waals surface area (Å²) in [5.74, 6) is 2.41. The van der Waals surface area contributed by atoms with E-state index < -0.39 is 0 Å². The molecule has 0 spiro atoms. The Balaban J connectivity index is 1.53. The zero-order valence-corrected chi connectivity index (χ0v) is 17.2. The summed E-state index contributed by atoms with van der Waals surface area (Å²) in [4.78, 5) is 13.3. The summed E-state index contributed by atoms with van der Waals surface area (Å²) in [6, 6.07) is 6.67. The predicted molar refractivity (Wildman–Crippen MR) is 109 cm³/mol. The number of aryl methyl sites for hydroxylation is 1. The third kappa shape index (κ3) is 4.30. The van der Waals surface area contributed by atoms with Gasteiger partial charge in [-0.05, 0) is 31.9 Å². The highest BCUT2D eigenvalue weighted by atomic mass is 79.9. The van der Waals surface area contributed by atoms with Crippen molar-refractivity contribution < 1.29 is 4.39 Å². The van der Waals surface area contributed by atoms with Crippen LogP contribution in [-0.4, -0.2) is 25.1 Å². The van der Waals surface area contributed by atoms with Crippen molar-refractivity contribution >= 4 is 33.6 Å². The molecule has 1 aromatic carbocycles. The lowest BCUT2D eigenvalue weighted by atomic mass is 10.1. The molecule has 9 heteroatoms. The molecule has 2 aromatic heterocycles. The van der Waals surface area contributed by atoms with E-state index in [0.717, 1.165) is 5.69 Å². The summed E-state index contributed by atoms with van der Waals surface area (Å²) in [7, 11) is 0. The maximum atomic E-state index is 14.2. The standard InChI is InChI=1S/C19H21BrFN7/c1-3-16-23-18(22-10(2)13-7-6-12(20)8-14(13)21)26-19(24-16)25-17-9-15(27-28-17)11-4-5-11/h6-11H,3-5H2,1-2H3,(H3,22,23,24,25,26,27,28). The first-order valence-corrected chi connectivity index (χ1v) is 10.1. The summed E-state index contributed by atoms with van der Waals surface area (Å²) in [5, 5.41) is 13.6. The molecule has 0 saturated heterocycles. The summed E-state index contributed by atoms with van der Waals surface area (Å²) in [6.45, 7) is 3.84. The average Bonchev–Trinajstić information content (AvgIpc) is 3.41. The maximum absolute atomic E-state index is 14.2. The Morgan fingerprint density at radius 2 is 2.00 bits per heavy atom. The largest absolute Gasteiger partial charge is 0.347 e. The van der Waals surface area contributed by atoms with Crippen LogP contribution in [0.2, 0.25) is 0 Å². The number of benzene rings is 1. The lowest BCUT2D eigenvalue weighted by Gasteiger charge is -2.16. The Labute approximate surface area is 170 Å². The van der Waals surface area contributed by atoms with Gasteiger partial charge in [-0.15, -0.1) is 0 Å². The molecule has 0 amide bonds. The van der Waals surface area contributed by atoms with Crippen molar-refractivity contribution in [1.29, 1.82) is 0 Å². The number of halogens is 2. The van der Waals surface area contributed by atoms with Crippen molar-refractivity contribution in [2.24, 2.45) is 0 Å². The first-order valence-electron chi connectivity index (χ1n) is 9.30. The number of aromatic nitrogens is 5. The fourth-order valence-corrected chi connectivity index (χ4v) is 3.27. The molecule has 3 aromatic rings. The fraction of sp³-hybridized carbons (Fsp3) is 0.368. The molecule has 7 nitrogen and oxygen atoms in total. The van der Waals surface area contributed by atoms with Crippen LogP contribution in [-0.2, 0) is 6.42 Å². The highest BCUT2D eigenvalue weighted by Crippen LogP contribution is 2.39. The van der Waals surface area contributed by atoms with Crippen molar-refractivity contribution in [3.05, 3.63) is 51.6 Å². The SMILES string of the molecule is CCc1nc(Nc2cc(C3CC3)[nH]n2)nc(NC(C)c2ccc(Br)cc2F)n1. The molecular formula is C19H21BrFN7. The van der Waals surface area contributed by atoms with Crippen LogP contribution < -0.4 is 10.6 Å². The van der Waals surface area contributed by atoms with Crippen molar-refractivity contribution in [2.45, 2.75) is 45.1 Å². The smallest absolute Gasteiger partial charge is 0.233 e. The molecule has 1 unspecified atom stereocenters. The summed E-state index contributed by atoms with van der Waals surface area (Å²) < 4.78 is 14.9. The van der Waals surface area contributed by atoms with Gasteiger partial charge in [-0.25, -0.2) is 4.39 Å². The third-order valence-electron chi connectivity index (χ3n) is 4.63. The van der Waals surface area contributed by atoms with Gasteiger partial charge in [-0.3, -0.25) is 5.10 Å². The highest BCUT2D eigenvalue weighted by Gasteiger charge is 2.25. The Kier molecular flexibility index (Phi) is 5.25. The topological polar surface area (TPSA) is 91.4 Å². The third-order valence-corrected chi connectivity index (χ3v) is 5.12. The van der Waals surface area contributed by atoms with Crippen molar-refractivity contribution in [3.8, 4) is 0 Å². The van der Waals surface area contributed by atoms with Crippen LogP contribution in [0.3, 0.4) is 0 Å². The number of anilines is 3. The van der Waals surface area contributed by atoms with Crippen LogP contribution in [0.25, 0.3) is 0 Å². The number of aromatic amines is 1. The molecule has 2 heterocycles. The van der Waals surface area contributed by atoms with Gasteiger partial charge < -0.3 is 10.6 Å². The average molecular weight is 446 g/mol. The molecule has 28 heavy (non-hydrogen) atoms. The first kappa shape index (κ1) is 18.8. The normalized spacial score (nSPS) is 14.7. The van der Waals surface area contributed by atoms with E-state index in [9.17, 15) is 4.39 Å². The maximum Gasteiger partial charge on any atom is 0.233 e. The number of nitrogens with one attached hydrogen (secondary N) is 3. The van der Waals surface area contributed by atoms with Gasteiger partial charge in [-0.2, -0.15) is 20.1 Å². The van der Waals surface area contributed by atoms with Crippen LogP contribution in [0.1, 0.15) is 55.7 Å². The van der Waals surface area contributed by atoms with Crippen molar-refractivity contribution in [1.82, 2.24) is 25.1 Å². The van der Waals surface area contributed by atoms with E-state index in [2.05, 4.69) is 51.7 Å². The van der Waals surface area contributed by atoms with Gasteiger partial charge in [0, 0.05) is 34.1 Å². The Morgan fingerprint density at radius 1 is 1.21 bits per heavy atom. The van der Waals surface area contributed by atoms with Crippen LogP contribution in [0.4, 0.5) is 22.1 Å². The molecule has 1 saturated carbocycles. The number of hydrogen-bond donors (Lipinski definition) is 3. The minimum atomic E-state index is -0.306. The summed E-state index contributed by atoms with van der Waals surface area (Å²) in [6.07, 6.45) is 3.05. The number of H-pyrrole nitrogens is 1. The van der Waals surface area contributed by atoms with E-state index in [4.69, 9.17) is 0 Å². The van der Waals surface area contributed by atoms with Crippen LogP contribution in [0.15, 0.2) is 28.7 Å². The Bertz CT molecular complexity index is 986. The van der Waals surface area contributed by atoms with Crippen LogP contribution in [0.5, 0.6) is 0 Å². The van der Waals surface area contributed by atoms with Gasteiger partial charge in [0.2, 0.25) is 11.9 Å². The number of rotatable bonds is 7. The van der Waals surface area contributed by atoms with Gasteiger partial charge >= 0.3 is 0 Å². The molecule has 0 aliphatic heterocycles. The van der Waals surface area contributed by atoms with E-state index in [1.807, 2.05) is 26.0 Å². The molecule has 1 atom stereocenters. The van der Waals surface area contributed by atoms with Crippen LogP contribution >= 0.6 is 15.9 Å². The van der Waals surface area contributed by atoms with E-state index in [1.54, 1.807) is 6.07 Å². The lowest BCUT2D eigenvalue weighted by molar-refractivity contribution is 0.598. The van der Waals surface area contributed by atoms with E-state index in [1.165, 1.54) is 18.9 Å². The van der Waals surface area contributed by atoms with Crippen molar-refractivity contribution in [2.75, 3.05) is 10.6 Å². The minimum absolute atomic E-state index is 0.290. The second-order valence-electron chi connectivity index (χ2n) is 6.89. The molecule has 0 bridgehead atoms. The van der Waals surface area contributed by atoms with E-state index >= 15 is 0 Å². The number of nitrogens with zero attached hydrogens (tertiary/aromatic N) is 4. The van der Waals surface area contributed by atoms with Gasteiger partial charge in [0.25, 0.3) is 0 Å². The van der Waals surface area contributed by atoms with Crippen LogP contribution in [0, 0.1) is 5.82 Å². The van der Waals surface area contributed by atoms with E-state index in [0.29, 0.717) is 45.9 Å². The van der Waals surface area contributed by atoms with Crippen molar-refractivity contribution in [3.63, 3.8) is 0 Å². The molecular weight excluding hydrogens is 425 g/mol. The molecule has 3 N–H and O–H groups in total. The molecule has 4 rings (SSSR count).